The summed E-state index contributed by atoms with van der Waals surface area (Å²) >= 11 is 0. The van der Waals surface area contributed by atoms with Crippen molar-refractivity contribution in [1.29, 1.82) is 0 Å². The second-order valence-electron chi connectivity index (χ2n) is 4.16. The molecule has 0 fully saturated rings. The number of para-hydroxylation sites is 1. The molecule has 0 spiro atoms. The molecular formula is C13H13N3O4S. The fourth-order valence-corrected chi connectivity index (χ4v) is 3.04. The highest BCUT2D eigenvalue weighted by molar-refractivity contribution is 7.92. The highest BCUT2D eigenvalue weighted by atomic mass is 32.2. The zero-order valence-electron chi connectivity index (χ0n) is 11.1. The Hall–Kier alpha value is -2.61. The Morgan fingerprint density at radius 1 is 1.05 bits per heavy atom. The molecular weight excluding hydrogens is 294 g/mol. The van der Waals surface area contributed by atoms with E-state index in [4.69, 9.17) is 0 Å². The van der Waals surface area contributed by atoms with E-state index < -0.39 is 14.9 Å². The Labute approximate surface area is 121 Å². The molecule has 2 aromatic carbocycles. The molecule has 0 saturated heterocycles. The van der Waals surface area contributed by atoms with Crippen LogP contribution in [-0.2, 0) is 10.0 Å². The largest absolute Gasteiger partial charge is 0.387 e. The van der Waals surface area contributed by atoms with Gasteiger partial charge in [0.05, 0.1) is 10.6 Å². The summed E-state index contributed by atoms with van der Waals surface area (Å²) in [6, 6.07) is 11.6. The summed E-state index contributed by atoms with van der Waals surface area (Å²) in [6.07, 6.45) is 0. The van der Waals surface area contributed by atoms with E-state index in [0.29, 0.717) is 5.69 Å². The van der Waals surface area contributed by atoms with E-state index in [-0.39, 0.29) is 16.3 Å². The minimum absolute atomic E-state index is 0.103. The van der Waals surface area contributed by atoms with E-state index in [1.165, 1.54) is 30.3 Å². The summed E-state index contributed by atoms with van der Waals surface area (Å²) in [4.78, 5) is 10.1. The summed E-state index contributed by atoms with van der Waals surface area (Å²) in [5, 5.41) is 13.4. The molecule has 21 heavy (non-hydrogen) atoms. The average Bonchev–Trinajstić information content (AvgIpc) is 2.47. The normalized spacial score (nSPS) is 10.9. The Balaban J connectivity index is 2.31. The zero-order chi connectivity index (χ0) is 15.5. The van der Waals surface area contributed by atoms with Gasteiger partial charge in [0.25, 0.3) is 15.7 Å². The van der Waals surface area contributed by atoms with E-state index in [0.717, 1.165) is 0 Å². The van der Waals surface area contributed by atoms with Crippen molar-refractivity contribution in [3.05, 3.63) is 58.6 Å². The number of nitro groups is 1. The standard InChI is InChI=1S/C13H13N3O4S/c1-14-12-4-2-3-5-13(12)21(19,20)15-10-6-8-11(9-7-10)16(17)18/h2-9,14-15H,1H3. The molecule has 2 aromatic rings. The molecule has 0 amide bonds. The predicted octanol–water partition coefficient (Wildman–Crippen LogP) is 2.44. The predicted molar refractivity (Wildman–Crippen MR) is 79.9 cm³/mol. The highest BCUT2D eigenvalue weighted by Crippen LogP contribution is 2.24. The Morgan fingerprint density at radius 2 is 1.67 bits per heavy atom. The SMILES string of the molecule is CNc1ccccc1S(=O)(=O)Nc1ccc([N+](=O)[O-])cc1. The van der Waals surface area contributed by atoms with Crippen LogP contribution in [-0.4, -0.2) is 20.4 Å². The van der Waals surface area contributed by atoms with Crippen molar-refractivity contribution < 1.29 is 13.3 Å². The minimum atomic E-state index is -3.77. The number of nitrogens with one attached hydrogen (secondary N) is 2. The van der Waals surface area contributed by atoms with Crippen LogP contribution >= 0.6 is 0 Å². The van der Waals surface area contributed by atoms with Gasteiger partial charge in [0.1, 0.15) is 4.90 Å². The maximum atomic E-state index is 12.3. The number of rotatable bonds is 5. The molecule has 0 aliphatic rings. The van der Waals surface area contributed by atoms with E-state index >= 15 is 0 Å². The quantitative estimate of drug-likeness (QED) is 0.652. The molecule has 0 saturated carbocycles. The van der Waals surface area contributed by atoms with E-state index in [1.807, 2.05) is 0 Å². The van der Waals surface area contributed by atoms with Gasteiger partial charge in [-0.3, -0.25) is 14.8 Å². The van der Waals surface area contributed by atoms with Gasteiger partial charge in [-0.15, -0.1) is 0 Å². The number of sulfonamides is 1. The van der Waals surface area contributed by atoms with Crippen LogP contribution in [0.2, 0.25) is 0 Å². The van der Waals surface area contributed by atoms with Crippen LogP contribution in [0.5, 0.6) is 0 Å². The lowest BCUT2D eigenvalue weighted by atomic mass is 10.3. The molecule has 0 atom stereocenters. The minimum Gasteiger partial charge on any atom is -0.387 e. The number of anilines is 2. The Morgan fingerprint density at radius 3 is 2.24 bits per heavy atom. The molecule has 110 valence electrons. The Kier molecular flexibility index (Phi) is 4.08. The first-order valence-corrected chi connectivity index (χ1v) is 7.46. The lowest BCUT2D eigenvalue weighted by Gasteiger charge is -2.11. The van der Waals surface area contributed by atoms with Crippen molar-refractivity contribution >= 4 is 27.1 Å². The number of non-ortho nitro benzene ring substituents is 1. The smallest absolute Gasteiger partial charge is 0.269 e. The van der Waals surface area contributed by atoms with Crippen LogP contribution in [0.4, 0.5) is 17.1 Å². The van der Waals surface area contributed by atoms with E-state index in [1.54, 1.807) is 25.2 Å². The van der Waals surface area contributed by atoms with E-state index in [9.17, 15) is 18.5 Å². The third-order valence-corrected chi connectivity index (χ3v) is 4.22. The van der Waals surface area contributed by atoms with Gasteiger partial charge in [0.15, 0.2) is 0 Å². The molecule has 7 nitrogen and oxygen atoms in total. The third-order valence-electron chi connectivity index (χ3n) is 2.78. The maximum Gasteiger partial charge on any atom is 0.269 e. The van der Waals surface area contributed by atoms with Gasteiger partial charge in [0.2, 0.25) is 0 Å². The second-order valence-corrected chi connectivity index (χ2v) is 5.81. The molecule has 0 bridgehead atoms. The summed E-state index contributed by atoms with van der Waals surface area (Å²) in [5.74, 6) is 0. The molecule has 0 aromatic heterocycles. The molecule has 2 rings (SSSR count). The molecule has 0 heterocycles. The number of benzene rings is 2. The molecule has 8 heteroatoms. The first-order valence-electron chi connectivity index (χ1n) is 5.98. The first-order chi connectivity index (χ1) is 9.94. The Bertz CT molecular complexity index is 757. The van der Waals surface area contributed by atoms with Gasteiger partial charge in [-0.1, -0.05) is 12.1 Å². The first kappa shape index (κ1) is 14.8. The lowest BCUT2D eigenvalue weighted by Crippen LogP contribution is -2.14. The van der Waals surface area contributed by atoms with Crippen molar-refractivity contribution in [2.75, 3.05) is 17.1 Å². The molecule has 2 N–H and O–H groups in total. The van der Waals surface area contributed by atoms with E-state index in [2.05, 4.69) is 10.0 Å². The van der Waals surface area contributed by atoms with Crippen molar-refractivity contribution in [2.24, 2.45) is 0 Å². The summed E-state index contributed by atoms with van der Waals surface area (Å²) in [7, 11) is -2.15. The van der Waals surface area contributed by atoms with Gasteiger partial charge >= 0.3 is 0 Å². The fraction of sp³-hybridized carbons (Fsp3) is 0.0769. The summed E-state index contributed by atoms with van der Waals surface area (Å²) in [5.41, 5.74) is 0.618. The molecule has 0 unspecified atom stereocenters. The van der Waals surface area contributed by atoms with Crippen LogP contribution < -0.4 is 10.0 Å². The van der Waals surface area contributed by atoms with Crippen LogP contribution in [0.1, 0.15) is 0 Å². The van der Waals surface area contributed by atoms with Crippen LogP contribution in [0, 0.1) is 10.1 Å². The number of hydrogen-bond donors (Lipinski definition) is 2. The maximum absolute atomic E-state index is 12.3. The van der Waals surface area contributed by atoms with Crippen LogP contribution in [0.25, 0.3) is 0 Å². The van der Waals surface area contributed by atoms with Crippen molar-refractivity contribution in [1.82, 2.24) is 0 Å². The van der Waals surface area contributed by atoms with Gasteiger partial charge in [-0.25, -0.2) is 8.42 Å². The number of nitrogens with zero attached hydrogens (tertiary/aromatic N) is 1. The van der Waals surface area contributed by atoms with Crippen LogP contribution in [0.3, 0.4) is 0 Å². The van der Waals surface area contributed by atoms with Gasteiger partial charge in [-0.05, 0) is 24.3 Å². The van der Waals surface area contributed by atoms with Crippen molar-refractivity contribution in [3.63, 3.8) is 0 Å². The average molecular weight is 307 g/mol. The number of hydrogen-bond acceptors (Lipinski definition) is 5. The topological polar surface area (TPSA) is 101 Å². The lowest BCUT2D eigenvalue weighted by molar-refractivity contribution is -0.384. The molecule has 0 aliphatic carbocycles. The fourth-order valence-electron chi connectivity index (χ4n) is 1.77. The molecule has 0 aliphatic heterocycles. The third kappa shape index (κ3) is 3.29. The zero-order valence-corrected chi connectivity index (χ0v) is 11.9. The summed E-state index contributed by atoms with van der Waals surface area (Å²) in [6.45, 7) is 0. The van der Waals surface area contributed by atoms with Gasteiger partial charge < -0.3 is 5.32 Å². The van der Waals surface area contributed by atoms with Crippen molar-refractivity contribution in [2.45, 2.75) is 4.90 Å². The second kappa shape index (κ2) is 5.80. The monoisotopic (exact) mass is 307 g/mol. The summed E-state index contributed by atoms with van der Waals surface area (Å²) < 4.78 is 27.0. The van der Waals surface area contributed by atoms with Crippen molar-refractivity contribution in [3.8, 4) is 0 Å². The molecule has 0 radical (unpaired) electrons. The van der Waals surface area contributed by atoms with Gasteiger partial charge in [-0.2, -0.15) is 0 Å². The highest BCUT2D eigenvalue weighted by Gasteiger charge is 2.18. The van der Waals surface area contributed by atoms with Gasteiger partial charge in [0, 0.05) is 24.9 Å². The number of nitro benzene ring substituents is 1. The van der Waals surface area contributed by atoms with Crippen LogP contribution in [0.15, 0.2) is 53.4 Å².